The Kier molecular flexibility index (Phi) is 8.75. The topological polar surface area (TPSA) is 20.3 Å². The maximum Gasteiger partial charge on any atom is 0.228 e. The third kappa shape index (κ3) is 12.7. The highest BCUT2D eigenvalue weighted by molar-refractivity contribution is 5.82. The van der Waals surface area contributed by atoms with E-state index in [4.69, 9.17) is 0 Å². The van der Waals surface area contributed by atoms with Gasteiger partial charge in [0.2, 0.25) is 5.91 Å². The molecule has 0 aromatic carbocycles. The first-order chi connectivity index (χ1) is 12.3. The molecule has 0 N–H and O–H groups in total. The molecule has 0 unspecified atom stereocenters. The lowest BCUT2D eigenvalue weighted by Crippen LogP contribution is -2.50. The molecule has 0 aromatic rings. The van der Waals surface area contributed by atoms with Gasteiger partial charge in [-0.15, -0.1) is 0 Å². The van der Waals surface area contributed by atoms with Crippen molar-refractivity contribution in [3.63, 3.8) is 0 Å². The predicted molar refractivity (Wildman–Crippen MR) is 130 cm³/mol. The highest BCUT2D eigenvalue weighted by Crippen LogP contribution is 2.40. The van der Waals surface area contributed by atoms with E-state index < -0.39 is 0 Å². The van der Waals surface area contributed by atoms with Crippen LogP contribution in [0.25, 0.3) is 0 Å². The fraction of sp³-hybridized carbons (Fsp3) is 0.963. The van der Waals surface area contributed by atoms with E-state index in [1.54, 1.807) is 0 Å². The van der Waals surface area contributed by atoms with E-state index in [0.29, 0.717) is 5.91 Å². The summed E-state index contributed by atoms with van der Waals surface area (Å²) in [5, 5.41) is 0. The van der Waals surface area contributed by atoms with Crippen molar-refractivity contribution in [3.05, 3.63) is 0 Å². The van der Waals surface area contributed by atoms with Gasteiger partial charge >= 0.3 is 0 Å². The van der Waals surface area contributed by atoms with Crippen molar-refractivity contribution < 1.29 is 4.79 Å². The summed E-state index contributed by atoms with van der Waals surface area (Å²) in [6, 6.07) is 0. The second-order valence-electron chi connectivity index (χ2n) is 15.6. The van der Waals surface area contributed by atoms with E-state index in [0.717, 1.165) is 32.4 Å². The summed E-state index contributed by atoms with van der Waals surface area (Å²) in [4.78, 5) is 16.1. The molecular formula is C27H55NO. The van der Waals surface area contributed by atoms with Crippen LogP contribution in [0.4, 0.5) is 0 Å². The number of nitrogens with zero attached hydrogens (tertiary/aromatic N) is 1. The molecule has 0 fully saturated rings. The molecule has 0 bridgehead atoms. The van der Waals surface area contributed by atoms with Crippen LogP contribution in [0.5, 0.6) is 0 Å². The molecule has 0 aliphatic carbocycles. The van der Waals surface area contributed by atoms with Crippen LogP contribution in [0.2, 0.25) is 0 Å². The second kappa shape index (κ2) is 8.91. The van der Waals surface area contributed by atoms with Crippen LogP contribution in [0.1, 0.15) is 123 Å². The molecule has 0 rings (SSSR count). The highest BCUT2D eigenvalue weighted by atomic mass is 16.2. The quantitative estimate of drug-likeness (QED) is 0.395. The van der Waals surface area contributed by atoms with Gasteiger partial charge in [-0.05, 0) is 46.3 Å². The lowest BCUT2D eigenvalue weighted by atomic mass is 9.72. The Morgan fingerprint density at radius 3 is 1.03 bits per heavy atom. The van der Waals surface area contributed by atoms with Gasteiger partial charge in [0.25, 0.3) is 0 Å². The molecule has 0 spiro atoms. The van der Waals surface area contributed by atoms with Gasteiger partial charge in [0.15, 0.2) is 0 Å². The average Bonchev–Trinajstić information content (AvgIpc) is 2.26. The van der Waals surface area contributed by atoms with Gasteiger partial charge in [-0.3, -0.25) is 4.79 Å². The lowest BCUT2D eigenvalue weighted by Gasteiger charge is -2.44. The van der Waals surface area contributed by atoms with E-state index >= 15 is 0 Å². The van der Waals surface area contributed by atoms with Crippen molar-refractivity contribution in [1.29, 1.82) is 0 Å². The zero-order chi connectivity index (χ0) is 23.7. The Balaban J connectivity index is 5.85. The van der Waals surface area contributed by atoms with Gasteiger partial charge in [0.1, 0.15) is 0 Å². The van der Waals surface area contributed by atoms with Crippen LogP contribution in [0, 0.1) is 32.5 Å². The first-order valence-electron chi connectivity index (χ1n) is 11.6. The number of hydrogen-bond donors (Lipinski definition) is 0. The third-order valence-corrected chi connectivity index (χ3v) is 5.09. The maximum absolute atomic E-state index is 13.9. The molecule has 0 aliphatic rings. The number of carbonyl (C=O) groups is 1. The van der Waals surface area contributed by atoms with Gasteiger partial charge in [-0.25, -0.2) is 0 Å². The van der Waals surface area contributed by atoms with E-state index in [9.17, 15) is 4.79 Å². The largest absolute Gasteiger partial charge is 0.341 e. The van der Waals surface area contributed by atoms with Gasteiger partial charge in [0.05, 0.1) is 0 Å². The van der Waals surface area contributed by atoms with E-state index in [-0.39, 0.29) is 32.5 Å². The van der Waals surface area contributed by atoms with Crippen LogP contribution in [-0.2, 0) is 4.79 Å². The minimum absolute atomic E-state index is 0.0868. The third-order valence-electron chi connectivity index (χ3n) is 5.09. The first kappa shape index (κ1) is 28.5. The summed E-state index contributed by atoms with van der Waals surface area (Å²) in [7, 11) is 0. The number of rotatable bonds is 8. The van der Waals surface area contributed by atoms with E-state index in [1.165, 1.54) is 0 Å². The molecular weight excluding hydrogens is 354 g/mol. The molecule has 174 valence electrons. The zero-order valence-corrected chi connectivity index (χ0v) is 22.9. The van der Waals surface area contributed by atoms with Gasteiger partial charge in [-0.1, -0.05) is 104 Å². The van der Waals surface area contributed by atoms with Gasteiger partial charge in [0, 0.05) is 18.5 Å². The van der Waals surface area contributed by atoms with Crippen LogP contribution < -0.4 is 0 Å². The molecule has 29 heavy (non-hydrogen) atoms. The molecule has 0 aliphatic heterocycles. The molecule has 0 saturated heterocycles. The van der Waals surface area contributed by atoms with Crippen molar-refractivity contribution in [2.45, 2.75) is 123 Å². The van der Waals surface area contributed by atoms with Crippen LogP contribution in [-0.4, -0.2) is 23.9 Å². The molecule has 2 heteroatoms. The second-order valence-corrected chi connectivity index (χ2v) is 15.6. The summed E-state index contributed by atoms with van der Waals surface area (Å²) in [5.74, 6) is 0.316. The Labute approximate surface area is 184 Å². The molecule has 0 heterocycles. The molecule has 0 atom stereocenters. The highest BCUT2D eigenvalue weighted by Gasteiger charge is 2.40. The summed E-state index contributed by atoms with van der Waals surface area (Å²) in [6.07, 6.45) is 3.10. The van der Waals surface area contributed by atoms with Crippen molar-refractivity contribution in [2.75, 3.05) is 13.1 Å². The molecule has 0 radical (unpaired) electrons. The zero-order valence-electron chi connectivity index (χ0n) is 22.9. The van der Waals surface area contributed by atoms with Crippen LogP contribution in [0.3, 0.4) is 0 Å². The fourth-order valence-electron chi connectivity index (χ4n) is 6.05. The first-order valence-corrected chi connectivity index (χ1v) is 11.6. The maximum atomic E-state index is 13.9. The minimum atomic E-state index is -0.353. The summed E-state index contributed by atoms with van der Waals surface area (Å²) in [5.41, 5.74) is 0.452. The fourth-order valence-corrected chi connectivity index (χ4v) is 6.05. The van der Waals surface area contributed by atoms with Crippen molar-refractivity contribution >= 4 is 5.91 Å². The predicted octanol–water partition coefficient (Wildman–Crippen LogP) is 8.20. The molecule has 0 saturated carbocycles. The van der Waals surface area contributed by atoms with E-state index in [2.05, 4.69) is 109 Å². The number of carbonyl (C=O) groups excluding carboxylic acids is 1. The summed E-state index contributed by atoms with van der Waals surface area (Å²) < 4.78 is 0. The van der Waals surface area contributed by atoms with Crippen molar-refractivity contribution in [3.8, 4) is 0 Å². The van der Waals surface area contributed by atoms with Gasteiger partial charge in [-0.2, -0.15) is 0 Å². The van der Waals surface area contributed by atoms with Gasteiger partial charge < -0.3 is 4.90 Å². The van der Waals surface area contributed by atoms with E-state index in [1.807, 2.05) is 0 Å². The Morgan fingerprint density at radius 1 is 0.517 bits per heavy atom. The number of hydrogen-bond acceptors (Lipinski definition) is 1. The monoisotopic (exact) mass is 409 g/mol. The molecule has 2 nitrogen and oxygen atoms in total. The molecule has 0 aromatic heterocycles. The van der Waals surface area contributed by atoms with Crippen LogP contribution in [0.15, 0.2) is 0 Å². The smallest absolute Gasteiger partial charge is 0.228 e. The normalized spacial score (nSPS) is 14.9. The van der Waals surface area contributed by atoms with Crippen molar-refractivity contribution in [1.82, 2.24) is 4.90 Å². The Hall–Kier alpha value is -0.530. The SMILES string of the molecule is CC(C)(C)CC(C)(C)CN(CC(C)(C)CC(C)(C)C)C(=O)C(C)(C)CC(C)(C)C. The van der Waals surface area contributed by atoms with Crippen LogP contribution >= 0.6 is 0 Å². The summed E-state index contributed by atoms with van der Waals surface area (Å²) >= 11 is 0. The average molecular weight is 410 g/mol. The van der Waals surface area contributed by atoms with Crippen molar-refractivity contribution in [2.24, 2.45) is 32.5 Å². The Morgan fingerprint density at radius 2 is 0.793 bits per heavy atom. The molecule has 1 amide bonds. The Bertz CT molecular complexity index is 502. The number of amides is 1. The summed E-state index contributed by atoms with van der Waals surface area (Å²) in [6.45, 7) is 35.7. The standard InChI is InChI=1S/C27H55NO/c1-22(2,3)16-25(10,11)19-28(20-26(12,13)17-23(4,5)6)21(29)27(14,15)18-24(7,8)9/h16-20H2,1-15H3. The lowest BCUT2D eigenvalue weighted by molar-refractivity contribution is -0.145. The minimum Gasteiger partial charge on any atom is -0.341 e.